The van der Waals surface area contributed by atoms with Crippen molar-refractivity contribution in [3.8, 4) is 5.75 Å². The number of methoxy groups -OCH3 is 1. The number of amides is 1. The molecule has 0 saturated heterocycles. The topological polar surface area (TPSA) is 61.8 Å². The van der Waals surface area contributed by atoms with E-state index in [1.54, 1.807) is 13.2 Å². The molecule has 0 aliphatic carbocycles. The molecule has 3 rings (SSSR count). The molecule has 8 heteroatoms. The number of alkyl halides is 3. The van der Waals surface area contributed by atoms with Gasteiger partial charge < -0.3 is 20.1 Å². The van der Waals surface area contributed by atoms with Gasteiger partial charge in [-0.1, -0.05) is 0 Å². The first-order valence-electron chi connectivity index (χ1n) is 8.36. The van der Waals surface area contributed by atoms with Crippen LogP contribution in [0.25, 0.3) is 0 Å². The van der Waals surface area contributed by atoms with Gasteiger partial charge in [0, 0.05) is 24.5 Å². The van der Waals surface area contributed by atoms with E-state index in [-0.39, 0.29) is 12.5 Å². The van der Waals surface area contributed by atoms with E-state index in [1.807, 2.05) is 17.0 Å². The van der Waals surface area contributed by atoms with Crippen molar-refractivity contribution < 1.29 is 27.8 Å². The molecule has 1 aliphatic heterocycles. The highest BCUT2D eigenvalue weighted by molar-refractivity contribution is 5.69. The van der Waals surface area contributed by atoms with Crippen LogP contribution < -0.4 is 15.0 Å². The van der Waals surface area contributed by atoms with Gasteiger partial charge in [-0.3, -0.25) is 0 Å². The standard InChI is InChI=1S/C19H19F3N2O3/c1-27-16-6-7-17-13(9-16)8-12(10-23-18(25)26)11-24(17)15-4-2-14(3-5-15)19(20,21)22/h2-7,9,12,23H,8,10-11H2,1H3,(H,25,26). The summed E-state index contributed by atoms with van der Waals surface area (Å²) >= 11 is 0. The van der Waals surface area contributed by atoms with Gasteiger partial charge >= 0.3 is 12.3 Å². The average molecular weight is 380 g/mol. The number of carboxylic acid groups (broad SMARTS) is 1. The summed E-state index contributed by atoms with van der Waals surface area (Å²) in [6.45, 7) is 0.744. The van der Waals surface area contributed by atoms with E-state index in [0.29, 0.717) is 24.4 Å². The Morgan fingerprint density at radius 2 is 1.96 bits per heavy atom. The third kappa shape index (κ3) is 4.27. The molecule has 0 radical (unpaired) electrons. The smallest absolute Gasteiger partial charge is 0.416 e. The van der Waals surface area contributed by atoms with Crippen molar-refractivity contribution >= 4 is 17.5 Å². The Morgan fingerprint density at radius 3 is 2.56 bits per heavy atom. The molecular weight excluding hydrogens is 361 g/mol. The third-order valence-corrected chi connectivity index (χ3v) is 4.58. The third-order valence-electron chi connectivity index (χ3n) is 4.58. The second-order valence-electron chi connectivity index (χ2n) is 6.41. The van der Waals surface area contributed by atoms with E-state index in [2.05, 4.69) is 5.32 Å². The number of halogens is 3. The molecule has 1 atom stereocenters. The first kappa shape index (κ1) is 18.9. The Morgan fingerprint density at radius 1 is 1.26 bits per heavy atom. The highest BCUT2D eigenvalue weighted by Gasteiger charge is 2.31. The van der Waals surface area contributed by atoms with E-state index in [1.165, 1.54) is 12.1 Å². The number of ether oxygens (including phenoxy) is 1. The Kier molecular flexibility index (Phi) is 5.16. The van der Waals surface area contributed by atoms with Crippen LogP contribution in [-0.4, -0.2) is 31.4 Å². The van der Waals surface area contributed by atoms with E-state index in [0.717, 1.165) is 23.4 Å². The van der Waals surface area contributed by atoms with Gasteiger partial charge in [0.2, 0.25) is 0 Å². The van der Waals surface area contributed by atoms with Crippen LogP contribution in [0.2, 0.25) is 0 Å². The molecule has 0 saturated carbocycles. The van der Waals surface area contributed by atoms with E-state index >= 15 is 0 Å². The van der Waals surface area contributed by atoms with Crippen LogP contribution in [0.3, 0.4) is 0 Å². The number of nitrogens with zero attached hydrogens (tertiary/aromatic N) is 1. The summed E-state index contributed by atoms with van der Waals surface area (Å²) in [6, 6.07) is 10.5. The summed E-state index contributed by atoms with van der Waals surface area (Å²) in [7, 11) is 1.56. The van der Waals surface area contributed by atoms with Crippen LogP contribution in [0.15, 0.2) is 42.5 Å². The molecule has 0 bridgehead atoms. The first-order valence-corrected chi connectivity index (χ1v) is 8.36. The van der Waals surface area contributed by atoms with E-state index < -0.39 is 17.8 Å². The zero-order chi connectivity index (χ0) is 19.6. The number of carbonyl (C=O) groups is 1. The van der Waals surface area contributed by atoms with Crippen LogP contribution in [0.1, 0.15) is 11.1 Å². The normalized spacial score (nSPS) is 16.6. The van der Waals surface area contributed by atoms with Gasteiger partial charge in [-0.05, 0) is 60.4 Å². The Balaban J connectivity index is 1.94. The summed E-state index contributed by atoms with van der Waals surface area (Å²) < 4.78 is 43.7. The van der Waals surface area contributed by atoms with Crippen LogP contribution >= 0.6 is 0 Å². The average Bonchev–Trinajstić information content (AvgIpc) is 2.64. The fourth-order valence-corrected chi connectivity index (χ4v) is 3.29. The molecule has 0 fully saturated rings. The van der Waals surface area contributed by atoms with Gasteiger partial charge in [-0.15, -0.1) is 0 Å². The largest absolute Gasteiger partial charge is 0.497 e. The number of fused-ring (bicyclic) bond motifs is 1. The number of benzene rings is 2. The SMILES string of the molecule is COc1ccc2c(c1)CC(CNC(=O)O)CN2c1ccc(C(F)(F)F)cc1. The summed E-state index contributed by atoms with van der Waals surface area (Å²) in [6.07, 6.45) is -4.85. The van der Waals surface area contributed by atoms with Crippen molar-refractivity contribution in [2.75, 3.05) is 25.1 Å². The molecule has 1 amide bonds. The van der Waals surface area contributed by atoms with Crippen LogP contribution in [0.5, 0.6) is 5.75 Å². The summed E-state index contributed by atoms with van der Waals surface area (Å²) in [5.41, 5.74) is 1.75. The van der Waals surface area contributed by atoms with Gasteiger partial charge in [-0.2, -0.15) is 13.2 Å². The van der Waals surface area contributed by atoms with Gasteiger partial charge in [0.05, 0.1) is 12.7 Å². The predicted octanol–water partition coefficient (Wildman–Crippen LogP) is 4.29. The molecule has 2 aromatic carbocycles. The summed E-state index contributed by atoms with van der Waals surface area (Å²) in [4.78, 5) is 12.7. The van der Waals surface area contributed by atoms with Crippen molar-refractivity contribution in [3.63, 3.8) is 0 Å². The Hall–Kier alpha value is -2.90. The second kappa shape index (κ2) is 7.38. The highest BCUT2D eigenvalue weighted by Crippen LogP contribution is 2.38. The highest BCUT2D eigenvalue weighted by atomic mass is 19.4. The maximum atomic E-state index is 12.8. The molecule has 2 N–H and O–H groups in total. The number of hydrogen-bond donors (Lipinski definition) is 2. The maximum Gasteiger partial charge on any atom is 0.416 e. The van der Waals surface area contributed by atoms with Crippen LogP contribution in [-0.2, 0) is 12.6 Å². The minimum atomic E-state index is -4.39. The fraction of sp³-hybridized carbons (Fsp3) is 0.316. The lowest BCUT2D eigenvalue weighted by molar-refractivity contribution is -0.137. The van der Waals surface area contributed by atoms with Crippen molar-refractivity contribution in [3.05, 3.63) is 53.6 Å². The first-order chi connectivity index (χ1) is 12.8. The van der Waals surface area contributed by atoms with Crippen LogP contribution in [0.4, 0.5) is 29.3 Å². The molecule has 2 aromatic rings. The zero-order valence-corrected chi connectivity index (χ0v) is 14.6. The predicted molar refractivity (Wildman–Crippen MR) is 94.7 cm³/mol. The Bertz CT molecular complexity index is 822. The number of hydrogen-bond acceptors (Lipinski definition) is 3. The van der Waals surface area contributed by atoms with Crippen LogP contribution in [0, 0.1) is 5.92 Å². The zero-order valence-electron chi connectivity index (χ0n) is 14.6. The molecule has 144 valence electrons. The minimum absolute atomic E-state index is 0.0250. The van der Waals surface area contributed by atoms with Crippen molar-refractivity contribution in [1.82, 2.24) is 5.32 Å². The lowest BCUT2D eigenvalue weighted by Crippen LogP contribution is -2.39. The lowest BCUT2D eigenvalue weighted by atomic mass is 9.91. The van der Waals surface area contributed by atoms with E-state index in [9.17, 15) is 18.0 Å². The van der Waals surface area contributed by atoms with Crippen molar-refractivity contribution in [1.29, 1.82) is 0 Å². The molecule has 0 aromatic heterocycles. The number of anilines is 2. The van der Waals surface area contributed by atoms with Crippen molar-refractivity contribution in [2.45, 2.75) is 12.6 Å². The van der Waals surface area contributed by atoms with E-state index in [4.69, 9.17) is 9.84 Å². The monoisotopic (exact) mass is 380 g/mol. The van der Waals surface area contributed by atoms with Gasteiger partial charge in [0.25, 0.3) is 0 Å². The summed E-state index contributed by atoms with van der Waals surface area (Å²) in [5, 5.41) is 11.2. The molecular formula is C19H19F3N2O3. The molecule has 27 heavy (non-hydrogen) atoms. The molecule has 1 unspecified atom stereocenters. The fourth-order valence-electron chi connectivity index (χ4n) is 3.29. The molecule has 1 aliphatic rings. The molecule has 0 spiro atoms. The van der Waals surface area contributed by atoms with Crippen molar-refractivity contribution in [2.24, 2.45) is 5.92 Å². The van der Waals surface area contributed by atoms with Gasteiger partial charge in [0.15, 0.2) is 0 Å². The molecule has 1 heterocycles. The summed E-state index contributed by atoms with van der Waals surface area (Å²) in [5.74, 6) is 0.649. The van der Waals surface area contributed by atoms with Gasteiger partial charge in [0.1, 0.15) is 5.75 Å². The quantitative estimate of drug-likeness (QED) is 0.831. The Labute approximate surface area is 154 Å². The number of nitrogens with one attached hydrogen (secondary N) is 1. The van der Waals surface area contributed by atoms with Gasteiger partial charge in [-0.25, -0.2) is 4.79 Å². The second-order valence-corrected chi connectivity index (χ2v) is 6.41. The maximum absolute atomic E-state index is 12.8. The lowest BCUT2D eigenvalue weighted by Gasteiger charge is -2.36. The minimum Gasteiger partial charge on any atom is -0.497 e. The number of rotatable bonds is 4. The molecule has 5 nitrogen and oxygen atoms in total.